The van der Waals surface area contributed by atoms with Crippen LogP contribution in [0.4, 0.5) is 0 Å². The molecule has 0 radical (unpaired) electrons. The van der Waals surface area contributed by atoms with Gasteiger partial charge >= 0.3 is 0 Å². The van der Waals surface area contributed by atoms with Crippen LogP contribution in [0.1, 0.15) is 50.1 Å². The third-order valence-electron chi connectivity index (χ3n) is 8.02. The minimum atomic E-state index is 0.480. The first-order chi connectivity index (χ1) is 16.4. The summed E-state index contributed by atoms with van der Waals surface area (Å²) in [4.78, 5) is 15.4. The fraction of sp³-hybridized carbons (Fsp3) is 0.607. The molecule has 4 heterocycles. The van der Waals surface area contributed by atoms with Gasteiger partial charge in [0.1, 0.15) is 5.82 Å². The van der Waals surface area contributed by atoms with Gasteiger partial charge in [-0.3, -0.25) is 4.90 Å². The predicted molar refractivity (Wildman–Crippen MR) is 138 cm³/mol. The van der Waals surface area contributed by atoms with E-state index < -0.39 is 0 Å². The first-order valence-electron chi connectivity index (χ1n) is 13.3. The highest BCUT2D eigenvalue weighted by Gasteiger charge is 2.30. The van der Waals surface area contributed by atoms with Crippen LogP contribution < -0.4 is 0 Å². The van der Waals surface area contributed by atoms with Crippen molar-refractivity contribution in [2.75, 3.05) is 58.9 Å². The molecule has 0 saturated carbocycles. The van der Waals surface area contributed by atoms with E-state index in [9.17, 15) is 0 Å². The Morgan fingerprint density at radius 2 is 1.61 bits per heavy atom. The second kappa shape index (κ2) is 11.5. The van der Waals surface area contributed by atoms with Gasteiger partial charge in [0.2, 0.25) is 0 Å². The molecule has 1 unspecified atom stereocenters. The number of rotatable bonds is 6. The monoisotopic (exact) mass is 447 g/mol. The molecule has 0 aromatic heterocycles. The van der Waals surface area contributed by atoms with Gasteiger partial charge in [-0.25, -0.2) is 4.99 Å². The van der Waals surface area contributed by atoms with Crippen LogP contribution in [0.25, 0.3) is 0 Å². The van der Waals surface area contributed by atoms with Crippen molar-refractivity contribution in [2.24, 2.45) is 4.99 Å². The van der Waals surface area contributed by atoms with E-state index in [1.54, 1.807) is 0 Å². The highest BCUT2D eigenvalue weighted by atomic mass is 15.3. The zero-order valence-corrected chi connectivity index (χ0v) is 20.2. The van der Waals surface area contributed by atoms with E-state index in [2.05, 4.69) is 73.2 Å². The van der Waals surface area contributed by atoms with Crippen LogP contribution in [-0.2, 0) is 0 Å². The number of hydrogen-bond donors (Lipinski definition) is 0. The lowest BCUT2D eigenvalue weighted by Gasteiger charge is -2.44. The summed E-state index contributed by atoms with van der Waals surface area (Å²) in [5, 5.41) is 0. The zero-order valence-electron chi connectivity index (χ0n) is 20.2. The Morgan fingerprint density at radius 1 is 0.848 bits per heavy atom. The van der Waals surface area contributed by atoms with Crippen molar-refractivity contribution in [1.29, 1.82) is 0 Å². The van der Waals surface area contributed by atoms with Crippen molar-refractivity contribution in [3.8, 4) is 0 Å². The molecular formula is C28H41N5. The van der Waals surface area contributed by atoms with Crippen molar-refractivity contribution < 1.29 is 0 Å². The Hall–Kier alpha value is -1.95. The maximum atomic E-state index is 4.66. The number of hydrogen-bond acceptors (Lipinski definition) is 5. The topological polar surface area (TPSA) is 25.3 Å². The standard InChI is InChI=1S/C28H41N5/c1-4-10-25(11-5-1)27(24-30-18-13-26(14-19-30)31-16-8-3-9-17-31)32-20-22-33(23-21-32)28-12-6-2-7-15-29-28/h1-2,4-5,7,10-12,15,26-27H,3,6,8-9,13-14,16-24H2. The molecule has 3 saturated heterocycles. The first kappa shape index (κ1) is 22.8. The summed E-state index contributed by atoms with van der Waals surface area (Å²) in [5.41, 5.74) is 1.47. The highest BCUT2D eigenvalue weighted by Crippen LogP contribution is 2.27. The average Bonchev–Trinajstić information content (AvgIpc) is 3.19. The van der Waals surface area contributed by atoms with Crippen LogP contribution in [-0.4, -0.2) is 90.8 Å². The van der Waals surface area contributed by atoms with E-state index >= 15 is 0 Å². The molecule has 0 bridgehead atoms. The Morgan fingerprint density at radius 3 is 2.36 bits per heavy atom. The fourth-order valence-corrected chi connectivity index (χ4v) is 6.06. The third kappa shape index (κ3) is 5.95. The summed E-state index contributed by atoms with van der Waals surface area (Å²) in [6.07, 6.45) is 16.3. The van der Waals surface area contributed by atoms with Crippen molar-refractivity contribution in [3.05, 3.63) is 59.9 Å². The molecule has 1 aromatic rings. The van der Waals surface area contributed by atoms with Gasteiger partial charge in [-0.15, -0.1) is 0 Å². The number of piperidine rings is 2. The van der Waals surface area contributed by atoms with Gasteiger partial charge in [0, 0.05) is 51.0 Å². The molecule has 4 aliphatic heterocycles. The van der Waals surface area contributed by atoms with Crippen molar-refractivity contribution in [2.45, 2.75) is 50.6 Å². The highest BCUT2D eigenvalue weighted by molar-refractivity contribution is 5.72. The summed E-state index contributed by atoms with van der Waals surface area (Å²) in [6.45, 7) is 10.6. The molecule has 33 heavy (non-hydrogen) atoms. The molecule has 0 spiro atoms. The van der Waals surface area contributed by atoms with E-state index in [1.165, 1.54) is 63.8 Å². The van der Waals surface area contributed by atoms with Crippen LogP contribution in [0, 0.1) is 0 Å². The smallest absolute Gasteiger partial charge is 0.124 e. The Kier molecular flexibility index (Phi) is 7.92. The second-order valence-electron chi connectivity index (χ2n) is 10.1. The summed E-state index contributed by atoms with van der Waals surface area (Å²) in [6, 6.07) is 12.5. The lowest BCUT2D eigenvalue weighted by atomic mass is 9.98. The molecule has 4 aliphatic rings. The molecular weight excluding hydrogens is 406 g/mol. The number of nitrogens with zero attached hydrogens (tertiary/aromatic N) is 5. The Labute approximate surface area is 200 Å². The van der Waals surface area contributed by atoms with Crippen LogP contribution >= 0.6 is 0 Å². The maximum absolute atomic E-state index is 4.66. The van der Waals surface area contributed by atoms with Crippen LogP contribution in [0.3, 0.4) is 0 Å². The quantitative estimate of drug-likeness (QED) is 0.654. The van der Waals surface area contributed by atoms with Crippen molar-refractivity contribution in [1.82, 2.24) is 19.6 Å². The van der Waals surface area contributed by atoms with E-state index in [0.29, 0.717) is 6.04 Å². The minimum absolute atomic E-state index is 0.480. The van der Waals surface area contributed by atoms with Gasteiger partial charge in [0.15, 0.2) is 0 Å². The van der Waals surface area contributed by atoms with E-state index in [-0.39, 0.29) is 0 Å². The second-order valence-corrected chi connectivity index (χ2v) is 10.1. The van der Waals surface area contributed by atoms with Crippen LogP contribution in [0.2, 0.25) is 0 Å². The molecule has 3 fully saturated rings. The summed E-state index contributed by atoms with van der Waals surface area (Å²) < 4.78 is 0. The number of allylic oxidation sites excluding steroid dienone is 3. The van der Waals surface area contributed by atoms with Crippen LogP contribution in [0.15, 0.2) is 59.4 Å². The number of likely N-dealkylation sites (tertiary alicyclic amines) is 2. The normalized spacial score (nSPS) is 25.1. The van der Waals surface area contributed by atoms with Gasteiger partial charge in [-0.2, -0.15) is 0 Å². The predicted octanol–water partition coefficient (Wildman–Crippen LogP) is 4.17. The van der Waals surface area contributed by atoms with Gasteiger partial charge in [0.25, 0.3) is 0 Å². The number of piperazine rings is 1. The SMILES string of the molecule is C1=CCC=C(N2CCN(C(CN3CCC(N4CCCCC4)CC3)c3ccccc3)CC2)N=C1. The summed E-state index contributed by atoms with van der Waals surface area (Å²) in [7, 11) is 0. The fourth-order valence-electron chi connectivity index (χ4n) is 6.06. The Balaban J connectivity index is 1.19. The molecule has 5 nitrogen and oxygen atoms in total. The first-order valence-corrected chi connectivity index (χ1v) is 13.3. The summed E-state index contributed by atoms with van der Waals surface area (Å²) in [5.74, 6) is 1.15. The van der Waals surface area contributed by atoms with Crippen molar-refractivity contribution in [3.63, 3.8) is 0 Å². The van der Waals surface area contributed by atoms with Gasteiger partial charge in [-0.1, -0.05) is 42.8 Å². The van der Waals surface area contributed by atoms with Gasteiger partial charge in [0.05, 0.1) is 0 Å². The van der Waals surface area contributed by atoms with E-state index in [1.807, 2.05) is 6.21 Å². The lowest BCUT2D eigenvalue weighted by Crippen LogP contribution is -2.51. The summed E-state index contributed by atoms with van der Waals surface area (Å²) >= 11 is 0. The number of benzene rings is 1. The molecule has 1 atom stereocenters. The van der Waals surface area contributed by atoms with E-state index in [0.717, 1.165) is 51.0 Å². The molecule has 178 valence electrons. The molecule has 5 heteroatoms. The molecule has 0 N–H and O–H groups in total. The number of aliphatic imine (C=N–C) groups is 1. The van der Waals surface area contributed by atoms with E-state index in [4.69, 9.17) is 0 Å². The molecule has 1 aromatic carbocycles. The zero-order chi connectivity index (χ0) is 22.3. The average molecular weight is 448 g/mol. The van der Waals surface area contributed by atoms with Crippen LogP contribution in [0.5, 0.6) is 0 Å². The minimum Gasteiger partial charge on any atom is -0.354 e. The molecule has 5 rings (SSSR count). The molecule has 0 aliphatic carbocycles. The molecule has 0 amide bonds. The van der Waals surface area contributed by atoms with Gasteiger partial charge < -0.3 is 14.7 Å². The van der Waals surface area contributed by atoms with Gasteiger partial charge in [-0.05, 0) is 76.0 Å². The third-order valence-corrected chi connectivity index (χ3v) is 8.02. The Bertz CT molecular complexity index is 810. The maximum Gasteiger partial charge on any atom is 0.124 e. The largest absolute Gasteiger partial charge is 0.354 e. The van der Waals surface area contributed by atoms with Crippen molar-refractivity contribution >= 4 is 6.21 Å². The lowest BCUT2D eigenvalue weighted by molar-refractivity contribution is 0.0568.